The summed E-state index contributed by atoms with van der Waals surface area (Å²) in [7, 11) is 0. The Kier molecular flexibility index (Phi) is 5.19. The lowest BCUT2D eigenvalue weighted by atomic mass is 10.1. The average molecular weight is 237 g/mol. The van der Waals surface area contributed by atoms with Gasteiger partial charge in [0.05, 0.1) is 6.61 Å². The van der Waals surface area contributed by atoms with Gasteiger partial charge >= 0.3 is 0 Å². The Balaban J connectivity index is 2.91. The molecule has 0 fully saturated rings. The molecule has 1 aromatic rings. The van der Waals surface area contributed by atoms with Gasteiger partial charge in [-0.15, -0.1) is 0 Å². The Morgan fingerprint density at radius 3 is 2.47 bits per heavy atom. The van der Waals surface area contributed by atoms with Crippen LogP contribution in [0, 0.1) is 5.92 Å². The number of hydrogen-bond acceptors (Lipinski definition) is 4. The highest BCUT2D eigenvalue weighted by Gasteiger charge is 2.08. The quantitative estimate of drug-likeness (QED) is 0.826. The summed E-state index contributed by atoms with van der Waals surface area (Å²) in [4.78, 5) is 8.89. The topological polar surface area (TPSA) is 47.0 Å². The monoisotopic (exact) mass is 237 g/mol. The van der Waals surface area contributed by atoms with Gasteiger partial charge < -0.3 is 10.1 Å². The number of nitrogens with one attached hydrogen (secondary N) is 1. The van der Waals surface area contributed by atoms with Crippen LogP contribution in [0.4, 0.5) is 5.82 Å². The van der Waals surface area contributed by atoms with Crippen molar-refractivity contribution in [1.82, 2.24) is 9.97 Å². The number of aromatic nitrogens is 2. The van der Waals surface area contributed by atoms with Gasteiger partial charge in [0.15, 0.2) is 0 Å². The Morgan fingerprint density at radius 1 is 1.24 bits per heavy atom. The van der Waals surface area contributed by atoms with Gasteiger partial charge in [-0.05, 0) is 26.7 Å². The van der Waals surface area contributed by atoms with Crippen LogP contribution in [0.3, 0.4) is 0 Å². The summed E-state index contributed by atoms with van der Waals surface area (Å²) in [6.45, 7) is 11.1. The van der Waals surface area contributed by atoms with E-state index in [9.17, 15) is 0 Å². The minimum absolute atomic E-state index is 0.353. The zero-order valence-corrected chi connectivity index (χ0v) is 11.4. The summed E-state index contributed by atoms with van der Waals surface area (Å²) in [5.41, 5.74) is 0. The second kappa shape index (κ2) is 6.42. The van der Waals surface area contributed by atoms with Crippen molar-refractivity contribution >= 4 is 5.82 Å². The molecule has 4 heteroatoms. The van der Waals surface area contributed by atoms with Crippen LogP contribution >= 0.6 is 0 Å². The minimum atomic E-state index is 0.353. The summed E-state index contributed by atoms with van der Waals surface area (Å²) in [5.74, 6) is 2.88. The van der Waals surface area contributed by atoms with Crippen molar-refractivity contribution in [2.24, 2.45) is 5.92 Å². The molecule has 96 valence electrons. The fourth-order valence-corrected chi connectivity index (χ4v) is 1.52. The van der Waals surface area contributed by atoms with Crippen LogP contribution < -0.4 is 10.1 Å². The molecule has 1 aromatic heterocycles. The SMILES string of the molecule is CCOc1cc(NC(C)C)nc(CC(C)C)n1. The molecule has 1 heterocycles. The molecule has 1 rings (SSSR count). The molecular weight excluding hydrogens is 214 g/mol. The van der Waals surface area contributed by atoms with Crippen molar-refractivity contribution in [3.05, 3.63) is 11.9 Å². The second-order valence-electron chi connectivity index (χ2n) is 4.84. The van der Waals surface area contributed by atoms with E-state index in [-0.39, 0.29) is 0 Å². The highest BCUT2D eigenvalue weighted by molar-refractivity contribution is 5.39. The number of ether oxygens (including phenoxy) is 1. The molecule has 0 aliphatic carbocycles. The van der Waals surface area contributed by atoms with Gasteiger partial charge in [-0.2, -0.15) is 4.98 Å². The highest BCUT2D eigenvalue weighted by Crippen LogP contribution is 2.16. The molecule has 0 bridgehead atoms. The van der Waals surface area contributed by atoms with E-state index >= 15 is 0 Å². The predicted octanol–water partition coefficient (Wildman–Crippen LogP) is 2.89. The molecule has 0 saturated heterocycles. The van der Waals surface area contributed by atoms with E-state index in [0.717, 1.165) is 18.1 Å². The lowest BCUT2D eigenvalue weighted by molar-refractivity contribution is 0.324. The van der Waals surface area contributed by atoms with E-state index in [1.54, 1.807) is 0 Å². The zero-order chi connectivity index (χ0) is 12.8. The predicted molar refractivity (Wildman–Crippen MR) is 70.5 cm³/mol. The molecule has 0 unspecified atom stereocenters. The maximum Gasteiger partial charge on any atom is 0.218 e. The Labute approximate surface area is 104 Å². The van der Waals surface area contributed by atoms with Gasteiger partial charge in [-0.3, -0.25) is 0 Å². The largest absolute Gasteiger partial charge is 0.478 e. The van der Waals surface area contributed by atoms with Gasteiger partial charge in [0.2, 0.25) is 5.88 Å². The minimum Gasteiger partial charge on any atom is -0.478 e. The lowest BCUT2D eigenvalue weighted by Gasteiger charge is -2.13. The van der Waals surface area contributed by atoms with Gasteiger partial charge in [-0.1, -0.05) is 13.8 Å². The zero-order valence-electron chi connectivity index (χ0n) is 11.4. The van der Waals surface area contributed by atoms with Crippen molar-refractivity contribution in [2.45, 2.75) is 47.1 Å². The van der Waals surface area contributed by atoms with Crippen LogP contribution in [0.1, 0.15) is 40.4 Å². The van der Waals surface area contributed by atoms with Gasteiger partial charge in [-0.25, -0.2) is 4.98 Å². The van der Waals surface area contributed by atoms with Crippen molar-refractivity contribution in [3.8, 4) is 5.88 Å². The van der Waals surface area contributed by atoms with Crippen LogP contribution in [0.15, 0.2) is 6.07 Å². The Bertz CT molecular complexity index is 322. The van der Waals surface area contributed by atoms with E-state index in [1.807, 2.05) is 13.0 Å². The third kappa shape index (κ3) is 5.02. The standard InChI is InChI=1S/C13H23N3O/c1-6-17-13-8-12(14-10(4)5)15-11(16-13)7-9(2)3/h8-10H,6-7H2,1-5H3,(H,14,15,16). The van der Waals surface area contributed by atoms with Crippen LogP contribution in [0.5, 0.6) is 5.88 Å². The number of anilines is 1. The number of hydrogen-bond donors (Lipinski definition) is 1. The first kappa shape index (κ1) is 13.7. The molecule has 0 saturated carbocycles. The fourth-order valence-electron chi connectivity index (χ4n) is 1.52. The molecule has 0 amide bonds. The van der Waals surface area contributed by atoms with Crippen LogP contribution in [-0.4, -0.2) is 22.6 Å². The average Bonchev–Trinajstić information content (AvgIpc) is 2.14. The first-order valence-electron chi connectivity index (χ1n) is 6.28. The number of nitrogens with zero attached hydrogens (tertiary/aromatic N) is 2. The van der Waals surface area contributed by atoms with Crippen LogP contribution in [-0.2, 0) is 6.42 Å². The first-order chi connectivity index (χ1) is 8.01. The van der Waals surface area contributed by atoms with E-state index in [2.05, 4.69) is 43.0 Å². The van der Waals surface area contributed by atoms with Crippen LogP contribution in [0.2, 0.25) is 0 Å². The molecule has 0 aliphatic heterocycles. The Hall–Kier alpha value is -1.32. The van der Waals surface area contributed by atoms with Crippen LogP contribution in [0.25, 0.3) is 0 Å². The summed E-state index contributed by atoms with van der Waals surface area (Å²) in [5, 5.41) is 3.29. The molecule has 0 aliphatic rings. The highest BCUT2D eigenvalue weighted by atomic mass is 16.5. The molecule has 4 nitrogen and oxygen atoms in total. The molecular formula is C13H23N3O. The van der Waals surface area contributed by atoms with E-state index in [0.29, 0.717) is 24.4 Å². The maximum atomic E-state index is 5.46. The summed E-state index contributed by atoms with van der Waals surface area (Å²) in [6, 6.07) is 2.21. The smallest absolute Gasteiger partial charge is 0.218 e. The third-order valence-corrected chi connectivity index (χ3v) is 2.07. The summed E-state index contributed by atoms with van der Waals surface area (Å²) < 4.78 is 5.46. The molecule has 17 heavy (non-hydrogen) atoms. The Morgan fingerprint density at radius 2 is 1.94 bits per heavy atom. The van der Waals surface area contributed by atoms with Crippen molar-refractivity contribution < 1.29 is 4.74 Å². The lowest BCUT2D eigenvalue weighted by Crippen LogP contribution is -2.13. The van der Waals surface area contributed by atoms with E-state index in [4.69, 9.17) is 4.74 Å². The van der Waals surface area contributed by atoms with Crippen molar-refractivity contribution in [1.29, 1.82) is 0 Å². The normalized spacial score (nSPS) is 11.0. The first-order valence-corrected chi connectivity index (χ1v) is 6.28. The fraction of sp³-hybridized carbons (Fsp3) is 0.692. The van der Waals surface area contributed by atoms with Gasteiger partial charge in [0.1, 0.15) is 11.6 Å². The summed E-state index contributed by atoms with van der Waals surface area (Å²) in [6.07, 6.45) is 0.869. The molecule has 0 spiro atoms. The molecule has 0 radical (unpaired) electrons. The molecule has 0 atom stereocenters. The van der Waals surface area contributed by atoms with E-state index in [1.165, 1.54) is 0 Å². The van der Waals surface area contributed by atoms with Gasteiger partial charge in [0, 0.05) is 18.5 Å². The van der Waals surface area contributed by atoms with Gasteiger partial charge in [0.25, 0.3) is 0 Å². The second-order valence-corrected chi connectivity index (χ2v) is 4.84. The third-order valence-electron chi connectivity index (χ3n) is 2.07. The van der Waals surface area contributed by atoms with Crippen molar-refractivity contribution in [2.75, 3.05) is 11.9 Å². The van der Waals surface area contributed by atoms with Crippen molar-refractivity contribution in [3.63, 3.8) is 0 Å². The number of rotatable bonds is 6. The maximum absolute atomic E-state index is 5.46. The molecule has 1 N–H and O–H groups in total. The van der Waals surface area contributed by atoms with E-state index < -0.39 is 0 Å². The molecule has 0 aromatic carbocycles. The summed E-state index contributed by atoms with van der Waals surface area (Å²) >= 11 is 0.